The Morgan fingerprint density at radius 3 is 2.20 bits per heavy atom. The molecule has 9 heteroatoms. The Morgan fingerprint density at radius 1 is 0.943 bits per heavy atom. The van der Waals surface area contributed by atoms with Crippen molar-refractivity contribution in [3.63, 3.8) is 0 Å². The van der Waals surface area contributed by atoms with Crippen LogP contribution in [-0.4, -0.2) is 47.8 Å². The molecule has 180 valence electrons. The summed E-state index contributed by atoms with van der Waals surface area (Å²) in [4.78, 5) is 40.6. The molecule has 1 fully saturated rings. The van der Waals surface area contributed by atoms with Gasteiger partial charge in [0.2, 0.25) is 5.91 Å². The first-order valence-corrected chi connectivity index (χ1v) is 11.7. The summed E-state index contributed by atoms with van der Waals surface area (Å²) >= 11 is 5.93. The third kappa shape index (κ3) is 5.96. The molecule has 0 aromatic heterocycles. The maximum atomic E-state index is 13.2. The largest absolute Gasteiger partial charge is 0.362 e. The maximum absolute atomic E-state index is 13.2. The van der Waals surface area contributed by atoms with E-state index in [1.165, 1.54) is 6.07 Å². The van der Waals surface area contributed by atoms with Gasteiger partial charge >= 0.3 is 0 Å². The number of nitrogens with zero attached hydrogens (tertiary/aromatic N) is 3. The molecule has 1 saturated heterocycles. The molecule has 1 unspecified atom stereocenters. The van der Waals surface area contributed by atoms with Crippen molar-refractivity contribution in [2.24, 2.45) is 0 Å². The number of hydrogen-bond acceptors (Lipinski definition) is 5. The number of amides is 2. The highest BCUT2D eigenvalue weighted by Gasteiger charge is 2.28. The van der Waals surface area contributed by atoms with E-state index in [1.54, 1.807) is 41.3 Å². The molecule has 4 rings (SSSR count). The molecule has 1 N–H and O–H groups in total. The standard InChI is InChI=1S/C26H25ClN4O4/c27-21-11-12-23(24(17-21)31(34)35)29-13-15-30(16-14-29)25(32)18-22(19-7-3-1-4-8-19)28-26(33)20-9-5-2-6-10-20/h1-12,17,22H,13-16,18H2,(H,28,33). The zero-order valence-corrected chi connectivity index (χ0v) is 19.7. The highest BCUT2D eigenvalue weighted by molar-refractivity contribution is 6.30. The lowest BCUT2D eigenvalue weighted by atomic mass is 10.0. The molecule has 2 amide bonds. The van der Waals surface area contributed by atoms with Gasteiger partial charge in [-0.15, -0.1) is 0 Å². The summed E-state index contributed by atoms with van der Waals surface area (Å²) < 4.78 is 0. The molecule has 1 aliphatic rings. The molecule has 1 atom stereocenters. The van der Waals surface area contributed by atoms with E-state index >= 15 is 0 Å². The summed E-state index contributed by atoms with van der Waals surface area (Å²) in [6.07, 6.45) is 0.115. The van der Waals surface area contributed by atoms with E-state index in [0.717, 1.165) is 5.56 Å². The Hall–Kier alpha value is -3.91. The van der Waals surface area contributed by atoms with E-state index in [0.29, 0.717) is 42.5 Å². The van der Waals surface area contributed by atoms with Gasteiger partial charge in [0.1, 0.15) is 5.69 Å². The highest BCUT2D eigenvalue weighted by Crippen LogP contribution is 2.32. The third-order valence-electron chi connectivity index (χ3n) is 6.03. The first-order valence-electron chi connectivity index (χ1n) is 11.3. The molecule has 0 bridgehead atoms. The van der Waals surface area contributed by atoms with Crippen LogP contribution in [0.15, 0.2) is 78.9 Å². The molecule has 0 spiro atoms. The minimum Gasteiger partial charge on any atom is -0.362 e. The molecule has 0 saturated carbocycles. The van der Waals surface area contributed by atoms with E-state index in [1.807, 2.05) is 41.3 Å². The fraction of sp³-hybridized carbons (Fsp3) is 0.231. The van der Waals surface area contributed by atoms with E-state index < -0.39 is 11.0 Å². The van der Waals surface area contributed by atoms with Crippen molar-refractivity contribution in [2.45, 2.75) is 12.5 Å². The van der Waals surface area contributed by atoms with Gasteiger partial charge in [0.15, 0.2) is 0 Å². The van der Waals surface area contributed by atoms with Crippen molar-refractivity contribution in [3.8, 4) is 0 Å². The van der Waals surface area contributed by atoms with Gasteiger partial charge in [-0.05, 0) is 29.8 Å². The lowest BCUT2D eigenvalue weighted by Crippen LogP contribution is -2.49. The van der Waals surface area contributed by atoms with E-state index in [-0.39, 0.29) is 23.9 Å². The lowest BCUT2D eigenvalue weighted by Gasteiger charge is -2.36. The summed E-state index contributed by atoms with van der Waals surface area (Å²) in [5.41, 5.74) is 1.81. The molecule has 3 aromatic carbocycles. The number of nitro benzene ring substituents is 1. The van der Waals surface area contributed by atoms with Gasteiger partial charge < -0.3 is 15.1 Å². The van der Waals surface area contributed by atoms with Crippen LogP contribution in [0.1, 0.15) is 28.4 Å². The Kier molecular flexibility index (Phi) is 7.62. The van der Waals surface area contributed by atoms with Crippen LogP contribution in [-0.2, 0) is 4.79 Å². The zero-order chi connectivity index (χ0) is 24.8. The normalized spacial score (nSPS) is 14.3. The second-order valence-electron chi connectivity index (χ2n) is 8.26. The third-order valence-corrected chi connectivity index (χ3v) is 6.26. The first-order chi connectivity index (χ1) is 16.9. The molecule has 3 aromatic rings. The minimum absolute atomic E-state index is 0.0509. The number of anilines is 1. The number of halogens is 1. The van der Waals surface area contributed by atoms with Crippen LogP contribution >= 0.6 is 11.6 Å². The van der Waals surface area contributed by atoms with Gasteiger partial charge in [-0.1, -0.05) is 60.1 Å². The highest BCUT2D eigenvalue weighted by atomic mass is 35.5. The Labute approximate surface area is 208 Å². The monoisotopic (exact) mass is 492 g/mol. The average molecular weight is 493 g/mol. The number of nitro groups is 1. The second kappa shape index (κ2) is 11.0. The summed E-state index contributed by atoms with van der Waals surface area (Å²) in [6, 6.07) is 22.4. The van der Waals surface area contributed by atoms with Crippen LogP contribution < -0.4 is 10.2 Å². The number of hydrogen-bond donors (Lipinski definition) is 1. The number of carbonyl (C=O) groups excluding carboxylic acids is 2. The number of nitrogens with one attached hydrogen (secondary N) is 1. The summed E-state index contributed by atoms with van der Waals surface area (Å²) in [5, 5.41) is 14.8. The van der Waals surface area contributed by atoms with Crippen molar-refractivity contribution in [1.29, 1.82) is 0 Å². The molecule has 1 heterocycles. The van der Waals surface area contributed by atoms with Gasteiger partial charge in [-0.25, -0.2) is 0 Å². The van der Waals surface area contributed by atoms with Crippen LogP contribution in [0.4, 0.5) is 11.4 Å². The number of piperazine rings is 1. The Balaban J connectivity index is 1.43. The summed E-state index contributed by atoms with van der Waals surface area (Å²) in [7, 11) is 0. The predicted molar refractivity (Wildman–Crippen MR) is 135 cm³/mol. The molecular weight excluding hydrogens is 468 g/mol. The van der Waals surface area contributed by atoms with Gasteiger partial charge in [-0.2, -0.15) is 0 Å². The maximum Gasteiger partial charge on any atom is 0.294 e. The van der Waals surface area contributed by atoms with Crippen LogP contribution in [0.3, 0.4) is 0 Å². The van der Waals surface area contributed by atoms with E-state index in [9.17, 15) is 19.7 Å². The summed E-state index contributed by atoms with van der Waals surface area (Å²) in [5.74, 6) is -0.329. The number of carbonyl (C=O) groups is 2. The van der Waals surface area contributed by atoms with Crippen molar-refractivity contribution in [2.75, 3.05) is 31.1 Å². The number of benzene rings is 3. The molecule has 35 heavy (non-hydrogen) atoms. The van der Waals surface area contributed by atoms with Crippen LogP contribution in [0.5, 0.6) is 0 Å². The van der Waals surface area contributed by atoms with E-state index in [2.05, 4.69) is 5.32 Å². The molecule has 1 aliphatic heterocycles. The van der Waals surface area contributed by atoms with Gasteiger partial charge in [0.05, 0.1) is 17.4 Å². The smallest absolute Gasteiger partial charge is 0.294 e. The van der Waals surface area contributed by atoms with Crippen LogP contribution in [0.2, 0.25) is 5.02 Å². The van der Waals surface area contributed by atoms with E-state index in [4.69, 9.17) is 11.6 Å². The zero-order valence-electron chi connectivity index (χ0n) is 19.0. The molecule has 0 radical (unpaired) electrons. The van der Waals surface area contributed by atoms with Crippen molar-refractivity contribution in [1.82, 2.24) is 10.2 Å². The van der Waals surface area contributed by atoms with Crippen molar-refractivity contribution < 1.29 is 14.5 Å². The fourth-order valence-electron chi connectivity index (χ4n) is 4.18. The lowest BCUT2D eigenvalue weighted by molar-refractivity contribution is -0.384. The van der Waals surface area contributed by atoms with Crippen molar-refractivity contribution in [3.05, 3.63) is 105 Å². The molecule has 0 aliphatic carbocycles. The van der Waals surface area contributed by atoms with Crippen LogP contribution in [0, 0.1) is 10.1 Å². The minimum atomic E-state index is -0.480. The first kappa shape index (κ1) is 24.2. The van der Waals surface area contributed by atoms with Gasteiger partial charge in [0.25, 0.3) is 11.6 Å². The molecule has 8 nitrogen and oxygen atoms in total. The topological polar surface area (TPSA) is 95.8 Å². The predicted octanol–water partition coefficient (Wildman–Crippen LogP) is 4.46. The fourth-order valence-corrected chi connectivity index (χ4v) is 4.35. The number of rotatable bonds is 7. The second-order valence-corrected chi connectivity index (χ2v) is 8.70. The quantitative estimate of drug-likeness (QED) is 0.388. The van der Waals surface area contributed by atoms with Crippen molar-refractivity contribution >= 4 is 34.8 Å². The Morgan fingerprint density at radius 2 is 1.57 bits per heavy atom. The van der Waals surface area contributed by atoms with Gasteiger partial charge in [0, 0.05) is 42.8 Å². The SMILES string of the molecule is O=C(NC(CC(=O)N1CCN(c2ccc(Cl)cc2[N+](=O)[O-])CC1)c1ccccc1)c1ccccc1. The Bertz CT molecular complexity index is 1200. The average Bonchev–Trinajstić information content (AvgIpc) is 2.89. The summed E-state index contributed by atoms with van der Waals surface area (Å²) in [6.45, 7) is 1.76. The molecular formula is C26H25ClN4O4. The van der Waals surface area contributed by atoms with Gasteiger partial charge in [-0.3, -0.25) is 19.7 Å². The van der Waals surface area contributed by atoms with Crippen LogP contribution in [0.25, 0.3) is 0 Å².